The summed E-state index contributed by atoms with van der Waals surface area (Å²) in [6, 6.07) is 8.55. The normalized spacial score (nSPS) is 13.3. The zero-order chi connectivity index (χ0) is 21.8. The van der Waals surface area contributed by atoms with E-state index in [9.17, 15) is 36.2 Å². The maximum Gasteiger partial charge on any atom is 0.455 e. The third-order valence-corrected chi connectivity index (χ3v) is 3.64. The maximum absolute atomic E-state index is 12.9. The van der Waals surface area contributed by atoms with E-state index >= 15 is 0 Å². The number of aliphatic hydroxyl groups excluding tert-OH is 1. The molecule has 0 heterocycles. The first kappa shape index (κ1) is 22.0. The Morgan fingerprint density at radius 3 is 2.17 bits per heavy atom. The highest BCUT2D eigenvalue weighted by molar-refractivity contribution is 6.20. The van der Waals surface area contributed by atoms with Gasteiger partial charge in [0.15, 0.2) is 0 Å². The summed E-state index contributed by atoms with van der Waals surface area (Å²) in [5.41, 5.74) is -2.79. The van der Waals surface area contributed by atoms with Crippen LogP contribution in [0, 0.1) is 0 Å². The predicted octanol–water partition coefficient (Wildman–Crippen LogP) is 5.52. The van der Waals surface area contributed by atoms with Gasteiger partial charge in [0, 0.05) is 11.8 Å². The van der Waals surface area contributed by atoms with Crippen molar-refractivity contribution in [1.82, 2.24) is 0 Å². The molecule has 0 aliphatic rings. The van der Waals surface area contributed by atoms with Crippen LogP contribution < -0.4 is 4.74 Å². The maximum atomic E-state index is 12.9. The second-order valence-corrected chi connectivity index (χ2v) is 5.62. The Kier molecular flexibility index (Phi) is 6.35. The highest BCUT2D eigenvalue weighted by Crippen LogP contribution is 2.32. The van der Waals surface area contributed by atoms with Crippen molar-refractivity contribution in [1.29, 1.82) is 0 Å². The molecule has 0 radical (unpaired) electrons. The standard InChI is InChI=1S/C19H13F6NO3/c1-29-14-7-5-11(6-8-14)16(27)15(17(28)19(23,24)25)10-26-13-4-2-3-12(9-13)18(20,21)22/h2-10,27H,1H3. The molecule has 0 unspecified atom stereocenters. The van der Waals surface area contributed by atoms with Crippen LogP contribution in [0.25, 0.3) is 5.76 Å². The van der Waals surface area contributed by atoms with Crippen LogP contribution in [-0.2, 0) is 11.0 Å². The number of allylic oxidation sites excluding steroid dienone is 1. The van der Waals surface area contributed by atoms with Gasteiger partial charge in [0.25, 0.3) is 5.78 Å². The van der Waals surface area contributed by atoms with E-state index in [0.29, 0.717) is 18.0 Å². The highest BCUT2D eigenvalue weighted by atomic mass is 19.4. The Bertz CT molecular complexity index is 944. The van der Waals surface area contributed by atoms with Crippen LogP contribution in [0.4, 0.5) is 32.0 Å². The zero-order valence-corrected chi connectivity index (χ0v) is 14.7. The van der Waals surface area contributed by atoms with Crippen molar-refractivity contribution in [3.8, 4) is 5.75 Å². The topological polar surface area (TPSA) is 58.9 Å². The van der Waals surface area contributed by atoms with Gasteiger partial charge in [-0.15, -0.1) is 0 Å². The number of benzene rings is 2. The number of rotatable bonds is 5. The van der Waals surface area contributed by atoms with Gasteiger partial charge in [-0.2, -0.15) is 26.3 Å². The third kappa shape index (κ3) is 5.59. The molecular weight excluding hydrogens is 404 g/mol. The quantitative estimate of drug-likeness (QED) is 0.302. The number of carbonyl (C=O) groups excluding carboxylic acids is 1. The van der Waals surface area contributed by atoms with Crippen LogP contribution in [0.1, 0.15) is 11.1 Å². The minimum absolute atomic E-state index is 0.145. The molecule has 1 N–H and O–H groups in total. The van der Waals surface area contributed by atoms with Crippen LogP contribution in [0.3, 0.4) is 0 Å². The molecule has 0 bridgehead atoms. The molecule has 0 fully saturated rings. The van der Waals surface area contributed by atoms with Gasteiger partial charge >= 0.3 is 12.4 Å². The summed E-state index contributed by atoms with van der Waals surface area (Å²) in [5.74, 6) is -3.09. The van der Waals surface area contributed by atoms with Gasteiger partial charge in [0.05, 0.1) is 23.9 Å². The van der Waals surface area contributed by atoms with Gasteiger partial charge in [-0.05, 0) is 42.5 Å². The molecule has 0 aliphatic carbocycles. The number of aliphatic imine (C=N–C) groups is 1. The lowest BCUT2D eigenvalue weighted by molar-refractivity contribution is -0.165. The van der Waals surface area contributed by atoms with Crippen molar-refractivity contribution in [3.63, 3.8) is 0 Å². The van der Waals surface area contributed by atoms with Gasteiger partial charge < -0.3 is 9.84 Å². The Morgan fingerprint density at radius 2 is 1.66 bits per heavy atom. The van der Waals surface area contributed by atoms with E-state index in [1.54, 1.807) is 0 Å². The molecule has 154 valence electrons. The number of hydrogen-bond donors (Lipinski definition) is 1. The molecule has 2 aromatic rings. The van der Waals surface area contributed by atoms with Gasteiger partial charge in [-0.3, -0.25) is 9.79 Å². The summed E-state index contributed by atoms with van der Waals surface area (Å²) in [5, 5.41) is 10.2. The Balaban J connectivity index is 2.51. The lowest BCUT2D eigenvalue weighted by Crippen LogP contribution is -2.26. The summed E-state index contributed by atoms with van der Waals surface area (Å²) >= 11 is 0. The summed E-state index contributed by atoms with van der Waals surface area (Å²) in [7, 11) is 1.35. The van der Waals surface area contributed by atoms with Crippen LogP contribution in [0.5, 0.6) is 5.75 Å². The molecular formula is C19H13F6NO3. The van der Waals surface area contributed by atoms with Crippen molar-refractivity contribution >= 4 is 23.4 Å². The zero-order valence-electron chi connectivity index (χ0n) is 14.7. The highest BCUT2D eigenvalue weighted by Gasteiger charge is 2.41. The number of methoxy groups -OCH3 is 1. The minimum Gasteiger partial charge on any atom is -0.506 e. The Hall–Kier alpha value is -3.30. The summed E-state index contributed by atoms with van der Waals surface area (Å²) in [4.78, 5) is 15.2. The van der Waals surface area contributed by atoms with Gasteiger partial charge in [0.2, 0.25) is 0 Å². The molecule has 0 amide bonds. The fourth-order valence-corrected chi connectivity index (χ4v) is 2.19. The van der Waals surface area contributed by atoms with Crippen molar-refractivity contribution in [2.75, 3.05) is 7.11 Å². The molecule has 29 heavy (non-hydrogen) atoms. The first-order valence-electron chi connectivity index (χ1n) is 7.84. The van der Waals surface area contributed by atoms with E-state index in [-0.39, 0.29) is 11.3 Å². The number of carbonyl (C=O) groups is 1. The number of halogens is 6. The molecule has 2 aromatic carbocycles. The Labute approximate surface area is 160 Å². The number of ketones is 1. The third-order valence-electron chi connectivity index (χ3n) is 3.64. The van der Waals surface area contributed by atoms with Gasteiger partial charge in [0.1, 0.15) is 11.5 Å². The van der Waals surface area contributed by atoms with Crippen LogP contribution in [-0.4, -0.2) is 30.4 Å². The first-order valence-corrected chi connectivity index (χ1v) is 7.84. The molecule has 2 rings (SSSR count). The van der Waals surface area contributed by atoms with E-state index in [0.717, 1.165) is 18.2 Å². The van der Waals surface area contributed by atoms with Gasteiger partial charge in [-0.25, -0.2) is 0 Å². The number of Topliss-reactive ketones (excluding diaryl/α,β-unsaturated/α-hetero) is 1. The molecule has 0 saturated heterocycles. The first-order chi connectivity index (χ1) is 13.4. The molecule has 0 atom stereocenters. The molecule has 10 heteroatoms. The molecule has 4 nitrogen and oxygen atoms in total. The smallest absolute Gasteiger partial charge is 0.455 e. The van der Waals surface area contributed by atoms with E-state index in [1.165, 1.54) is 31.4 Å². The summed E-state index contributed by atoms with van der Waals surface area (Å²) in [6.07, 6.45) is -9.64. The number of alkyl halides is 6. The largest absolute Gasteiger partial charge is 0.506 e. The SMILES string of the molecule is COc1ccc(C(O)=C(C=Nc2cccc(C(F)(F)F)c2)C(=O)C(F)(F)F)cc1. The predicted molar refractivity (Wildman–Crippen MR) is 93.2 cm³/mol. The number of aliphatic hydroxyl groups is 1. The van der Waals surface area contributed by atoms with Crippen LogP contribution in [0.15, 0.2) is 59.1 Å². The summed E-state index contributed by atoms with van der Waals surface area (Å²) < 4.78 is 81.9. The fraction of sp³-hybridized carbons (Fsp3) is 0.158. The average molecular weight is 417 g/mol. The van der Waals surface area contributed by atoms with E-state index < -0.39 is 35.0 Å². The lowest BCUT2D eigenvalue weighted by Gasteiger charge is -2.10. The van der Waals surface area contributed by atoms with E-state index in [2.05, 4.69) is 4.99 Å². The number of nitrogens with zero attached hydrogens (tertiary/aromatic N) is 1. The van der Waals surface area contributed by atoms with E-state index in [1.807, 2.05) is 0 Å². The molecule has 0 aliphatic heterocycles. The minimum atomic E-state index is -5.34. The number of hydrogen-bond acceptors (Lipinski definition) is 4. The van der Waals surface area contributed by atoms with E-state index in [4.69, 9.17) is 4.74 Å². The average Bonchev–Trinajstić information content (AvgIpc) is 2.66. The van der Waals surface area contributed by atoms with Crippen molar-refractivity contribution < 1.29 is 41.0 Å². The second kappa shape index (κ2) is 8.38. The lowest BCUT2D eigenvalue weighted by atomic mass is 10.0. The monoisotopic (exact) mass is 417 g/mol. The molecule has 0 aromatic heterocycles. The summed E-state index contributed by atoms with van der Waals surface area (Å²) in [6.45, 7) is 0. The van der Waals surface area contributed by atoms with Crippen molar-refractivity contribution in [2.45, 2.75) is 12.4 Å². The van der Waals surface area contributed by atoms with Gasteiger partial charge in [-0.1, -0.05) is 6.07 Å². The fourth-order valence-electron chi connectivity index (χ4n) is 2.19. The van der Waals surface area contributed by atoms with Crippen LogP contribution in [0.2, 0.25) is 0 Å². The molecule has 0 spiro atoms. The van der Waals surface area contributed by atoms with Crippen molar-refractivity contribution in [3.05, 3.63) is 65.2 Å². The second-order valence-electron chi connectivity index (χ2n) is 5.62. The molecule has 0 saturated carbocycles. The van der Waals surface area contributed by atoms with Crippen LogP contribution >= 0.6 is 0 Å². The van der Waals surface area contributed by atoms with Crippen molar-refractivity contribution in [2.24, 2.45) is 4.99 Å². The number of ether oxygens (including phenoxy) is 1. The Morgan fingerprint density at radius 1 is 1.03 bits per heavy atom.